The van der Waals surface area contributed by atoms with Gasteiger partial charge in [0.2, 0.25) is 5.91 Å². The Hall–Kier alpha value is -1.55. The molecule has 1 amide bonds. The first-order chi connectivity index (χ1) is 9.08. The SMILES string of the molecule is CC(C)C(C(=O)Nc1cccc(N)c1)N1CCCC1. The largest absolute Gasteiger partial charge is 0.399 e. The highest BCUT2D eigenvalue weighted by Gasteiger charge is 2.30. The van der Waals surface area contributed by atoms with Crippen molar-refractivity contribution in [2.45, 2.75) is 32.7 Å². The van der Waals surface area contributed by atoms with Crippen molar-refractivity contribution in [2.75, 3.05) is 24.1 Å². The molecular formula is C15H23N3O. The fourth-order valence-corrected chi connectivity index (χ4v) is 2.74. The summed E-state index contributed by atoms with van der Waals surface area (Å²) >= 11 is 0. The predicted octanol–water partition coefficient (Wildman–Crippen LogP) is 2.33. The summed E-state index contributed by atoms with van der Waals surface area (Å²) in [6.07, 6.45) is 2.38. The summed E-state index contributed by atoms with van der Waals surface area (Å²) < 4.78 is 0. The van der Waals surface area contributed by atoms with Gasteiger partial charge in [0.1, 0.15) is 0 Å². The van der Waals surface area contributed by atoms with E-state index in [4.69, 9.17) is 5.73 Å². The van der Waals surface area contributed by atoms with Gasteiger partial charge in [0, 0.05) is 11.4 Å². The number of nitrogens with one attached hydrogen (secondary N) is 1. The molecule has 0 saturated carbocycles. The van der Waals surface area contributed by atoms with Gasteiger partial charge in [0.05, 0.1) is 6.04 Å². The Morgan fingerprint density at radius 3 is 2.58 bits per heavy atom. The third kappa shape index (κ3) is 3.47. The molecule has 1 aliphatic heterocycles. The number of hydrogen-bond donors (Lipinski definition) is 2. The van der Waals surface area contributed by atoms with E-state index in [1.165, 1.54) is 12.8 Å². The zero-order chi connectivity index (χ0) is 13.8. The van der Waals surface area contributed by atoms with Crippen LogP contribution in [0.4, 0.5) is 11.4 Å². The summed E-state index contributed by atoms with van der Waals surface area (Å²) in [5.41, 5.74) is 7.17. The lowest BCUT2D eigenvalue weighted by Gasteiger charge is -2.29. The highest BCUT2D eigenvalue weighted by atomic mass is 16.2. The lowest BCUT2D eigenvalue weighted by Crippen LogP contribution is -2.46. The number of likely N-dealkylation sites (tertiary alicyclic amines) is 1. The maximum absolute atomic E-state index is 12.5. The van der Waals surface area contributed by atoms with Crippen molar-refractivity contribution in [2.24, 2.45) is 5.92 Å². The second kappa shape index (κ2) is 6.06. The fraction of sp³-hybridized carbons (Fsp3) is 0.533. The summed E-state index contributed by atoms with van der Waals surface area (Å²) in [6.45, 7) is 6.24. The Labute approximate surface area is 115 Å². The molecule has 3 N–H and O–H groups in total. The highest BCUT2D eigenvalue weighted by molar-refractivity contribution is 5.95. The molecule has 1 aliphatic rings. The average Bonchev–Trinajstić information content (AvgIpc) is 2.82. The number of nitrogens with zero attached hydrogens (tertiary/aromatic N) is 1. The molecule has 104 valence electrons. The molecule has 1 aromatic rings. The minimum Gasteiger partial charge on any atom is -0.399 e. The zero-order valence-corrected chi connectivity index (χ0v) is 11.7. The van der Waals surface area contributed by atoms with E-state index in [1.807, 2.05) is 18.2 Å². The number of carbonyl (C=O) groups excluding carboxylic acids is 1. The summed E-state index contributed by atoms with van der Waals surface area (Å²) in [5, 5.41) is 2.98. The van der Waals surface area contributed by atoms with Gasteiger partial charge in [-0.1, -0.05) is 19.9 Å². The number of nitrogen functional groups attached to an aromatic ring is 1. The van der Waals surface area contributed by atoms with Crippen LogP contribution in [0.3, 0.4) is 0 Å². The van der Waals surface area contributed by atoms with Gasteiger partial charge in [-0.05, 0) is 50.0 Å². The number of anilines is 2. The van der Waals surface area contributed by atoms with Gasteiger partial charge < -0.3 is 11.1 Å². The van der Waals surface area contributed by atoms with Crippen molar-refractivity contribution in [1.29, 1.82) is 0 Å². The van der Waals surface area contributed by atoms with Gasteiger partial charge in [0.15, 0.2) is 0 Å². The van der Waals surface area contributed by atoms with Crippen LogP contribution >= 0.6 is 0 Å². The van der Waals surface area contributed by atoms with E-state index < -0.39 is 0 Å². The third-order valence-electron chi connectivity index (χ3n) is 3.59. The summed E-state index contributed by atoms with van der Waals surface area (Å²) in [7, 11) is 0. The first kappa shape index (κ1) is 13.9. The summed E-state index contributed by atoms with van der Waals surface area (Å²) in [6, 6.07) is 7.28. The topological polar surface area (TPSA) is 58.4 Å². The third-order valence-corrected chi connectivity index (χ3v) is 3.59. The molecule has 0 aromatic heterocycles. The number of rotatable bonds is 4. The van der Waals surface area contributed by atoms with Crippen LogP contribution in [-0.4, -0.2) is 29.9 Å². The van der Waals surface area contributed by atoms with Crippen LogP contribution in [0.15, 0.2) is 24.3 Å². The molecule has 19 heavy (non-hydrogen) atoms. The van der Waals surface area contributed by atoms with Gasteiger partial charge in [-0.3, -0.25) is 9.69 Å². The molecule has 2 rings (SSSR count). The van der Waals surface area contributed by atoms with Gasteiger partial charge in [-0.15, -0.1) is 0 Å². The van der Waals surface area contributed by atoms with Crippen LogP contribution in [0.5, 0.6) is 0 Å². The van der Waals surface area contributed by atoms with Crippen molar-refractivity contribution in [1.82, 2.24) is 4.90 Å². The molecule has 1 fully saturated rings. The molecule has 1 saturated heterocycles. The molecule has 0 bridgehead atoms. The van der Waals surface area contributed by atoms with Crippen LogP contribution in [0.2, 0.25) is 0 Å². The molecule has 1 heterocycles. The molecule has 0 aliphatic carbocycles. The molecule has 0 spiro atoms. The Bertz CT molecular complexity index is 439. The van der Waals surface area contributed by atoms with Crippen molar-refractivity contribution in [3.8, 4) is 0 Å². The van der Waals surface area contributed by atoms with Crippen molar-refractivity contribution in [3.05, 3.63) is 24.3 Å². The maximum Gasteiger partial charge on any atom is 0.241 e. The zero-order valence-electron chi connectivity index (χ0n) is 11.7. The molecule has 4 heteroatoms. The lowest BCUT2D eigenvalue weighted by atomic mass is 10.0. The summed E-state index contributed by atoms with van der Waals surface area (Å²) in [5.74, 6) is 0.377. The number of amides is 1. The molecule has 1 unspecified atom stereocenters. The van der Waals surface area contributed by atoms with Crippen molar-refractivity contribution in [3.63, 3.8) is 0 Å². The van der Waals surface area contributed by atoms with Crippen LogP contribution in [0.1, 0.15) is 26.7 Å². The second-order valence-electron chi connectivity index (χ2n) is 5.55. The van der Waals surface area contributed by atoms with Crippen LogP contribution in [0, 0.1) is 5.92 Å². The van der Waals surface area contributed by atoms with Gasteiger partial charge >= 0.3 is 0 Å². The average molecular weight is 261 g/mol. The Balaban J connectivity index is 2.07. The molecular weight excluding hydrogens is 238 g/mol. The van der Waals surface area contributed by atoms with Gasteiger partial charge in [-0.2, -0.15) is 0 Å². The Kier molecular flexibility index (Phi) is 4.43. The van der Waals surface area contributed by atoms with Crippen molar-refractivity contribution < 1.29 is 4.79 Å². The number of carbonyl (C=O) groups is 1. The Morgan fingerprint density at radius 1 is 1.32 bits per heavy atom. The molecule has 0 radical (unpaired) electrons. The smallest absolute Gasteiger partial charge is 0.241 e. The summed E-state index contributed by atoms with van der Waals surface area (Å²) in [4.78, 5) is 14.7. The first-order valence-corrected chi connectivity index (χ1v) is 6.98. The first-order valence-electron chi connectivity index (χ1n) is 6.98. The van der Waals surface area contributed by atoms with Gasteiger partial charge in [0.25, 0.3) is 0 Å². The van der Waals surface area contributed by atoms with Crippen LogP contribution in [0.25, 0.3) is 0 Å². The van der Waals surface area contributed by atoms with E-state index in [9.17, 15) is 4.79 Å². The van der Waals surface area contributed by atoms with E-state index >= 15 is 0 Å². The molecule has 1 aromatic carbocycles. The van der Waals surface area contributed by atoms with E-state index in [1.54, 1.807) is 6.07 Å². The number of benzene rings is 1. The Morgan fingerprint density at radius 2 is 2.00 bits per heavy atom. The predicted molar refractivity (Wildman–Crippen MR) is 78.9 cm³/mol. The van der Waals surface area contributed by atoms with Crippen LogP contribution < -0.4 is 11.1 Å². The lowest BCUT2D eigenvalue weighted by molar-refractivity contribution is -0.122. The quantitative estimate of drug-likeness (QED) is 0.818. The maximum atomic E-state index is 12.5. The van der Waals surface area contributed by atoms with E-state index in [-0.39, 0.29) is 11.9 Å². The minimum atomic E-state index is -0.0519. The van der Waals surface area contributed by atoms with Crippen LogP contribution in [-0.2, 0) is 4.79 Å². The van der Waals surface area contributed by atoms with Crippen molar-refractivity contribution >= 4 is 17.3 Å². The monoisotopic (exact) mass is 261 g/mol. The van der Waals surface area contributed by atoms with E-state index in [2.05, 4.69) is 24.1 Å². The van der Waals surface area contributed by atoms with E-state index in [0.29, 0.717) is 11.6 Å². The normalized spacial score (nSPS) is 17.6. The number of nitrogens with two attached hydrogens (primary N) is 1. The molecule has 4 nitrogen and oxygen atoms in total. The standard InChI is InChI=1S/C15H23N3O/c1-11(2)14(18-8-3-4-9-18)15(19)17-13-7-5-6-12(16)10-13/h5-7,10-11,14H,3-4,8-9,16H2,1-2H3,(H,17,19). The number of hydrogen-bond acceptors (Lipinski definition) is 3. The fourth-order valence-electron chi connectivity index (χ4n) is 2.74. The molecule has 1 atom stereocenters. The minimum absolute atomic E-state index is 0.0519. The van der Waals surface area contributed by atoms with E-state index in [0.717, 1.165) is 18.8 Å². The second-order valence-corrected chi connectivity index (χ2v) is 5.55. The van der Waals surface area contributed by atoms with Gasteiger partial charge in [-0.25, -0.2) is 0 Å². The highest BCUT2D eigenvalue weighted by Crippen LogP contribution is 2.20.